The second kappa shape index (κ2) is 52.5. The summed E-state index contributed by atoms with van der Waals surface area (Å²) in [5.41, 5.74) is 4.50. The van der Waals surface area contributed by atoms with Gasteiger partial charge in [-0.3, -0.25) is 10.2 Å². The number of ether oxygens (including phenoxy) is 6. The first-order chi connectivity index (χ1) is 12.8. The van der Waals surface area contributed by atoms with Crippen molar-refractivity contribution in [2.24, 2.45) is 5.73 Å². The van der Waals surface area contributed by atoms with Crippen molar-refractivity contribution >= 4 is 0 Å². The molecule has 0 saturated carbocycles. The van der Waals surface area contributed by atoms with Crippen molar-refractivity contribution in [1.82, 2.24) is 10.2 Å². The first kappa shape index (κ1) is 53.2. The van der Waals surface area contributed by atoms with Gasteiger partial charge < -0.3 is 34.2 Å². The zero-order valence-corrected chi connectivity index (χ0v) is 17.2. The smallest absolute Gasteiger partial charge is 0.150 e. The van der Waals surface area contributed by atoms with Crippen molar-refractivity contribution in [1.29, 1.82) is 0 Å². The molecule has 0 aliphatic carbocycles. The lowest BCUT2D eigenvalue weighted by atomic mass is 10.5. The molecule has 1 heterocycles. The maximum atomic E-state index is 5.50. The van der Waals surface area contributed by atoms with Crippen LogP contribution in [0.2, 0.25) is 0 Å². The molecule has 1 rings (SSSR count). The number of rotatable bonds is 6. The summed E-state index contributed by atoms with van der Waals surface area (Å²) in [6.07, 6.45) is 2.13. The lowest BCUT2D eigenvalue weighted by Crippen LogP contribution is -2.34. The number of nitrogens with two attached hydrogens (primary N) is 1. The molecule has 0 radical (unpaired) electrons. The summed E-state index contributed by atoms with van der Waals surface area (Å²) in [4.78, 5) is 2.03. The molecule has 208 valence electrons. The molecule has 3 N–H and O–H groups in total. The number of hydrogen-bond donors (Lipinski definition) is 2. The molecule has 0 aromatic rings. The summed E-state index contributed by atoms with van der Waals surface area (Å²) >= 11 is 0. The first-order valence-electron chi connectivity index (χ1n) is 9.23. The Balaban J connectivity index is -0.0000000657. The second-order valence-corrected chi connectivity index (χ2v) is 5.16. The Labute approximate surface area is 203 Å². The van der Waals surface area contributed by atoms with Crippen molar-refractivity contribution in [3.63, 3.8) is 0 Å². The van der Waals surface area contributed by atoms with Crippen LogP contribution in [0.3, 0.4) is 0 Å². The second-order valence-electron chi connectivity index (χ2n) is 5.16. The fourth-order valence-corrected chi connectivity index (χ4v) is 1.63. The lowest BCUT2D eigenvalue weighted by molar-refractivity contribution is -0.128. The summed E-state index contributed by atoms with van der Waals surface area (Å²) in [5, 5.41) is 3.07. The average Bonchev–Trinajstić information content (AvgIpc) is 2.67. The quantitative estimate of drug-likeness (QED) is 0.529. The highest BCUT2D eigenvalue weighted by Gasteiger charge is 2.05. The van der Waals surface area contributed by atoms with Crippen molar-refractivity contribution in [2.75, 3.05) is 87.5 Å². The highest BCUT2D eigenvalue weighted by molar-refractivity contribution is 4.47. The van der Waals surface area contributed by atoms with Crippen LogP contribution in [0.15, 0.2) is 0 Å². The minimum atomic E-state index is 0. The van der Waals surface area contributed by atoms with E-state index in [4.69, 9.17) is 28.4 Å². The van der Waals surface area contributed by atoms with Crippen LogP contribution in [0.1, 0.15) is 71.2 Å². The van der Waals surface area contributed by atoms with Crippen molar-refractivity contribution in [3.8, 4) is 0 Å². The molecule has 0 amide bonds. The van der Waals surface area contributed by atoms with Gasteiger partial charge in [0, 0.05) is 33.4 Å². The Kier molecular flexibility index (Phi) is 87.2. The van der Waals surface area contributed by atoms with Gasteiger partial charge in [-0.15, -0.1) is 0 Å². The van der Waals surface area contributed by atoms with E-state index in [1.807, 2.05) is 4.90 Å². The van der Waals surface area contributed by atoms with Gasteiger partial charge in [0.2, 0.25) is 0 Å². The van der Waals surface area contributed by atoms with Gasteiger partial charge in [0.05, 0.1) is 19.9 Å². The Hall–Kier alpha value is -0.360. The molecule has 1 aliphatic rings. The first-order valence-corrected chi connectivity index (χ1v) is 9.23. The van der Waals surface area contributed by atoms with Gasteiger partial charge in [0.1, 0.15) is 27.0 Å². The Morgan fingerprint density at radius 2 is 1.38 bits per heavy atom. The van der Waals surface area contributed by atoms with Gasteiger partial charge in [-0.1, -0.05) is 58.4 Å². The molecule has 0 bridgehead atoms. The highest BCUT2D eigenvalue weighted by Crippen LogP contribution is 1.94. The van der Waals surface area contributed by atoms with E-state index < -0.39 is 0 Å². The molecule has 0 aromatic carbocycles. The van der Waals surface area contributed by atoms with Gasteiger partial charge in [0.25, 0.3) is 0 Å². The van der Waals surface area contributed by atoms with Crippen molar-refractivity contribution in [3.05, 3.63) is 0 Å². The van der Waals surface area contributed by atoms with Crippen LogP contribution >= 0.6 is 0 Å². The fraction of sp³-hybridized carbons (Fsp3) is 1.00. The SMILES string of the molecule is C.C.C.C.C.C.CCCOC.CCCOCN1CCOCOCCNCOCOC1.CN. The van der Waals surface area contributed by atoms with E-state index in [0.29, 0.717) is 40.2 Å². The maximum absolute atomic E-state index is 5.50. The van der Waals surface area contributed by atoms with Crippen LogP contribution in [0, 0.1) is 0 Å². The molecule has 0 atom stereocenters. The third kappa shape index (κ3) is 47.4. The number of nitrogens with one attached hydrogen (secondary N) is 1. The van der Waals surface area contributed by atoms with E-state index in [-0.39, 0.29) is 51.4 Å². The van der Waals surface area contributed by atoms with E-state index in [1.54, 1.807) is 7.11 Å². The van der Waals surface area contributed by atoms with Crippen molar-refractivity contribution < 1.29 is 28.4 Å². The standard InChI is InChI=1S/C12H26N2O5.C4H10O.CH5N.6CH4/c1-2-5-15-9-14-4-7-17-11-16-6-3-13-8-18-12-19-10-14;1-3-4-5-2;1-2;;;;;;/h13H,2-12H2,1H3;3-4H2,1-2H3;2H2,1H3;6*1H4. The molecule has 9 nitrogen and oxygen atoms in total. The molecule has 1 fully saturated rings. The predicted octanol–water partition coefficient (Wildman–Crippen LogP) is 4.61. The molecular weight excluding hydrogens is 414 g/mol. The van der Waals surface area contributed by atoms with E-state index in [1.165, 1.54) is 7.05 Å². The zero-order valence-electron chi connectivity index (χ0n) is 17.2. The lowest BCUT2D eigenvalue weighted by Gasteiger charge is -2.22. The summed E-state index contributed by atoms with van der Waals surface area (Å²) in [6.45, 7) is 10.5. The predicted molar refractivity (Wildman–Crippen MR) is 142 cm³/mol. The molecule has 0 spiro atoms. The van der Waals surface area contributed by atoms with E-state index >= 15 is 0 Å². The normalized spacial score (nSPS) is 14.5. The topological polar surface area (TPSA) is 96.7 Å². The van der Waals surface area contributed by atoms with Crippen LogP contribution in [-0.4, -0.2) is 92.4 Å². The van der Waals surface area contributed by atoms with Crippen LogP contribution in [-0.2, 0) is 28.4 Å². The van der Waals surface area contributed by atoms with Crippen LogP contribution < -0.4 is 11.1 Å². The molecule has 9 heteroatoms. The minimum absolute atomic E-state index is 0. The third-order valence-electron chi connectivity index (χ3n) is 2.82. The Morgan fingerprint density at radius 1 is 0.812 bits per heavy atom. The Bertz CT molecular complexity index is 228. The summed E-state index contributed by atoms with van der Waals surface area (Å²) < 4.78 is 31.5. The Morgan fingerprint density at radius 3 is 1.91 bits per heavy atom. The van der Waals surface area contributed by atoms with Crippen LogP contribution in [0.25, 0.3) is 0 Å². The monoisotopic (exact) mass is 479 g/mol. The number of hydrogen-bond acceptors (Lipinski definition) is 9. The van der Waals surface area contributed by atoms with E-state index in [2.05, 4.69) is 24.9 Å². The minimum Gasteiger partial charge on any atom is -0.385 e. The molecule has 1 aliphatic heterocycles. The largest absolute Gasteiger partial charge is 0.385 e. The highest BCUT2D eigenvalue weighted by atomic mass is 16.7. The van der Waals surface area contributed by atoms with Gasteiger partial charge in [-0.25, -0.2) is 0 Å². The van der Waals surface area contributed by atoms with Gasteiger partial charge in [-0.05, 0) is 19.9 Å². The maximum Gasteiger partial charge on any atom is 0.150 e. The average molecular weight is 480 g/mol. The molecule has 0 unspecified atom stereocenters. The van der Waals surface area contributed by atoms with E-state index in [0.717, 1.165) is 39.1 Å². The summed E-state index contributed by atoms with van der Waals surface area (Å²) in [5.74, 6) is 0. The van der Waals surface area contributed by atoms with Gasteiger partial charge in [0.15, 0.2) is 0 Å². The summed E-state index contributed by atoms with van der Waals surface area (Å²) in [6, 6.07) is 0. The van der Waals surface area contributed by atoms with E-state index in [9.17, 15) is 0 Å². The number of nitrogens with zero attached hydrogens (tertiary/aromatic N) is 1. The number of methoxy groups -OCH3 is 1. The van der Waals surface area contributed by atoms with Crippen LogP contribution in [0.5, 0.6) is 0 Å². The zero-order chi connectivity index (χ0) is 19.7. The van der Waals surface area contributed by atoms with Crippen molar-refractivity contribution in [2.45, 2.75) is 71.2 Å². The molecule has 32 heavy (non-hydrogen) atoms. The third-order valence-corrected chi connectivity index (χ3v) is 2.82. The summed E-state index contributed by atoms with van der Waals surface area (Å²) in [7, 11) is 3.21. The van der Waals surface area contributed by atoms with Gasteiger partial charge in [-0.2, -0.15) is 0 Å². The fourth-order valence-electron chi connectivity index (χ4n) is 1.63. The van der Waals surface area contributed by atoms with Gasteiger partial charge >= 0.3 is 0 Å². The molecule has 0 aromatic heterocycles. The molecular formula is C23H65N3O6. The molecule has 1 saturated heterocycles. The van der Waals surface area contributed by atoms with Crippen LogP contribution in [0.4, 0.5) is 0 Å².